The van der Waals surface area contributed by atoms with Gasteiger partial charge in [-0.15, -0.1) is 0 Å². The quantitative estimate of drug-likeness (QED) is 0.329. The van der Waals surface area contributed by atoms with Crippen molar-refractivity contribution in [2.24, 2.45) is 5.10 Å². The number of hydrogen-bond donors (Lipinski definition) is 1. The first-order valence-corrected chi connectivity index (χ1v) is 9.65. The van der Waals surface area contributed by atoms with Crippen molar-refractivity contribution in [2.75, 3.05) is 5.43 Å². The Bertz CT molecular complexity index is 973. The lowest BCUT2D eigenvalue weighted by Gasteiger charge is -2.06. The Kier molecular flexibility index (Phi) is 6.56. The smallest absolute Gasteiger partial charge is 0.136 e. The molecule has 0 fully saturated rings. The van der Waals surface area contributed by atoms with Crippen molar-refractivity contribution >= 4 is 69.9 Å². The highest BCUT2D eigenvalue weighted by Crippen LogP contribution is 2.33. The molecule has 0 spiro atoms. The van der Waals surface area contributed by atoms with Gasteiger partial charge in [-0.3, -0.25) is 5.43 Å². The first kappa shape index (κ1) is 20.3. The van der Waals surface area contributed by atoms with Crippen LogP contribution in [0.1, 0.15) is 16.8 Å². The number of benzene rings is 2. The molecule has 9 heteroatoms. The lowest BCUT2D eigenvalue weighted by molar-refractivity contribution is 0.680. The number of aromatic nitrogens is 2. The number of hydrazone groups is 1. The lowest BCUT2D eigenvalue weighted by Crippen LogP contribution is -2.02. The molecular weight excluding hydrogens is 449 g/mol. The Balaban J connectivity index is 1.78. The lowest BCUT2D eigenvalue weighted by atomic mass is 10.2. The zero-order valence-corrected chi connectivity index (χ0v) is 17.8. The molecule has 1 heterocycles. The normalized spacial score (nSPS) is 11.3. The van der Waals surface area contributed by atoms with E-state index in [1.165, 1.54) is 0 Å². The SMILES string of the molecule is Cc1nn(Cc2ccc(Cl)cc2)c(Cl)c1C=NNc1c(Cl)cc(Cl)cc1Cl. The van der Waals surface area contributed by atoms with E-state index in [1.54, 1.807) is 23.0 Å². The number of nitrogens with zero attached hydrogens (tertiary/aromatic N) is 3. The molecular formula is C18H13Cl5N4. The summed E-state index contributed by atoms with van der Waals surface area (Å²) in [5, 5.41) is 11.0. The van der Waals surface area contributed by atoms with Gasteiger partial charge in [-0.25, -0.2) is 4.68 Å². The van der Waals surface area contributed by atoms with Gasteiger partial charge in [0.25, 0.3) is 0 Å². The highest BCUT2D eigenvalue weighted by atomic mass is 35.5. The van der Waals surface area contributed by atoms with E-state index >= 15 is 0 Å². The van der Waals surface area contributed by atoms with E-state index in [-0.39, 0.29) is 0 Å². The van der Waals surface area contributed by atoms with Crippen LogP contribution < -0.4 is 5.43 Å². The van der Waals surface area contributed by atoms with Gasteiger partial charge in [0, 0.05) is 10.0 Å². The average Bonchev–Trinajstić information content (AvgIpc) is 2.86. The molecule has 3 aromatic rings. The van der Waals surface area contributed by atoms with Gasteiger partial charge in [-0.05, 0) is 36.8 Å². The van der Waals surface area contributed by atoms with Gasteiger partial charge in [0.1, 0.15) is 5.15 Å². The fourth-order valence-corrected chi connectivity index (χ4v) is 3.70. The second-order valence-corrected chi connectivity index (χ2v) is 7.73. The molecule has 0 aliphatic carbocycles. The third-order valence-corrected chi connectivity index (χ3v) is 5.20. The Morgan fingerprint density at radius 2 is 1.63 bits per heavy atom. The second kappa shape index (κ2) is 8.72. The number of hydrogen-bond acceptors (Lipinski definition) is 3. The van der Waals surface area contributed by atoms with E-state index in [0.717, 1.165) is 11.3 Å². The van der Waals surface area contributed by atoms with Crippen molar-refractivity contribution in [3.63, 3.8) is 0 Å². The maximum atomic E-state index is 6.46. The van der Waals surface area contributed by atoms with Crippen LogP contribution in [0.4, 0.5) is 5.69 Å². The molecule has 1 aromatic heterocycles. The molecule has 0 atom stereocenters. The molecule has 0 saturated carbocycles. The fourth-order valence-electron chi connectivity index (χ4n) is 2.39. The molecule has 0 radical (unpaired) electrons. The molecule has 2 aromatic carbocycles. The molecule has 1 N–H and O–H groups in total. The van der Waals surface area contributed by atoms with Crippen molar-refractivity contribution in [1.82, 2.24) is 9.78 Å². The van der Waals surface area contributed by atoms with E-state index in [1.807, 2.05) is 31.2 Å². The molecule has 3 rings (SSSR count). The van der Waals surface area contributed by atoms with Crippen LogP contribution >= 0.6 is 58.0 Å². The highest BCUT2D eigenvalue weighted by molar-refractivity contribution is 6.41. The Labute approximate surface area is 181 Å². The number of anilines is 1. The van der Waals surface area contributed by atoms with Gasteiger partial charge >= 0.3 is 0 Å². The Morgan fingerprint density at radius 1 is 1.00 bits per heavy atom. The van der Waals surface area contributed by atoms with Crippen molar-refractivity contribution < 1.29 is 0 Å². The summed E-state index contributed by atoms with van der Waals surface area (Å²) in [6.07, 6.45) is 1.57. The maximum Gasteiger partial charge on any atom is 0.136 e. The minimum atomic E-state index is 0.367. The van der Waals surface area contributed by atoms with Gasteiger partial charge in [-0.1, -0.05) is 70.1 Å². The molecule has 0 aliphatic rings. The van der Waals surface area contributed by atoms with Crippen LogP contribution in [0.15, 0.2) is 41.5 Å². The highest BCUT2D eigenvalue weighted by Gasteiger charge is 2.12. The summed E-state index contributed by atoms with van der Waals surface area (Å²) < 4.78 is 1.70. The minimum Gasteiger partial charge on any atom is -0.275 e. The third-order valence-electron chi connectivity index (χ3n) is 3.73. The Morgan fingerprint density at radius 3 is 2.26 bits per heavy atom. The maximum absolute atomic E-state index is 6.46. The Hall–Kier alpha value is -1.43. The number of rotatable bonds is 5. The molecule has 27 heavy (non-hydrogen) atoms. The van der Waals surface area contributed by atoms with Crippen molar-refractivity contribution in [2.45, 2.75) is 13.5 Å². The number of aryl methyl sites for hydroxylation is 1. The van der Waals surface area contributed by atoms with Crippen molar-refractivity contribution in [3.05, 3.63) is 78.5 Å². The van der Waals surface area contributed by atoms with E-state index < -0.39 is 0 Å². The first-order valence-electron chi connectivity index (χ1n) is 7.76. The molecule has 0 amide bonds. The summed E-state index contributed by atoms with van der Waals surface area (Å²) in [4.78, 5) is 0. The van der Waals surface area contributed by atoms with Gasteiger partial charge in [-0.2, -0.15) is 10.2 Å². The van der Waals surface area contributed by atoms with E-state index in [9.17, 15) is 0 Å². The zero-order valence-electron chi connectivity index (χ0n) is 14.0. The van der Waals surface area contributed by atoms with Gasteiger partial charge in [0.15, 0.2) is 0 Å². The standard InChI is InChI=1S/C18H13Cl5N4/c1-10-14(8-24-25-17-15(21)6-13(20)7-16(17)22)18(23)27(26-10)9-11-2-4-12(19)5-3-11/h2-8,25H,9H2,1H3. The minimum absolute atomic E-state index is 0.367. The molecule has 0 aliphatic heterocycles. The largest absolute Gasteiger partial charge is 0.275 e. The van der Waals surface area contributed by atoms with Crippen LogP contribution in [-0.4, -0.2) is 16.0 Å². The molecule has 0 unspecified atom stereocenters. The van der Waals surface area contributed by atoms with Crippen LogP contribution in [0.3, 0.4) is 0 Å². The van der Waals surface area contributed by atoms with Crippen LogP contribution in [0, 0.1) is 6.92 Å². The van der Waals surface area contributed by atoms with E-state index in [2.05, 4.69) is 15.6 Å². The summed E-state index contributed by atoms with van der Waals surface area (Å²) in [5.41, 5.74) is 5.74. The molecule has 0 saturated heterocycles. The topological polar surface area (TPSA) is 42.2 Å². The fraction of sp³-hybridized carbons (Fsp3) is 0.111. The predicted molar refractivity (Wildman–Crippen MR) is 115 cm³/mol. The van der Waals surface area contributed by atoms with Crippen LogP contribution in [0.5, 0.6) is 0 Å². The third kappa shape index (κ3) is 4.89. The van der Waals surface area contributed by atoms with Gasteiger partial charge in [0.05, 0.1) is 39.7 Å². The molecule has 4 nitrogen and oxygen atoms in total. The first-order chi connectivity index (χ1) is 12.8. The number of nitrogens with one attached hydrogen (secondary N) is 1. The summed E-state index contributed by atoms with van der Waals surface area (Å²) in [5.74, 6) is 0. The predicted octanol–water partition coefficient (Wildman–Crippen LogP) is 6.95. The van der Waals surface area contributed by atoms with Crippen molar-refractivity contribution in [3.8, 4) is 0 Å². The van der Waals surface area contributed by atoms with Crippen LogP contribution in [-0.2, 0) is 6.54 Å². The van der Waals surface area contributed by atoms with Crippen LogP contribution in [0.25, 0.3) is 0 Å². The summed E-state index contributed by atoms with van der Waals surface area (Å²) >= 11 is 30.5. The van der Waals surface area contributed by atoms with Crippen LogP contribution in [0.2, 0.25) is 25.2 Å². The molecule has 0 bridgehead atoms. The average molecular weight is 463 g/mol. The van der Waals surface area contributed by atoms with Gasteiger partial charge in [0.2, 0.25) is 0 Å². The number of halogens is 5. The van der Waals surface area contributed by atoms with E-state index in [4.69, 9.17) is 58.0 Å². The van der Waals surface area contributed by atoms with Crippen molar-refractivity contribution in [1.29, 1.82) is 0 Å². The summed E-state index contributed by atoms with van der Waals surface area (Å²) in [6.45, 7) is 2.38. The summed E-state index contributed by atoms with van der Waals surface area (Å²) in [7, 11) is 0. The summed E-state index contributed by atoms with van der Waals surface area (Å²) in [6, 6.07) is 10.7. The van der Waals surface area contributed by atoms with E-state index in [0.29, 0.717) is 43.0 Å². The zero-order chi connectivity index (χ0) is 19.6. The monoisotopic (exact) mass is 460 g/mol. The molecule has 140 valence electrons. The van der Waals surface area contributed by atoms with Gasteiger partial charge < -0.3 is 0 Å². The second-order valence-electron chi connectivity index (χ2n) is 5.69.